The van der Waals surface area contributed by atoms with E-state index in [1.807, 2.05) is 0 Å². The van der Waals surface area contributed by atoms with Gasteiger partial charge in [0, 0.05) is 30.4 Å². The maximum Gasteiger partial charge on any atom is 0.342 e. The molecule has 0 saturated heterocycles. The molecule has 2 N–H and O–H groups in total. The van der Waals surface area contributed by atoms with Crippen LogP contribution < -0.4 is 24.8 Å². The topological polar surface area (TPSA) is 112 Å². The van der Waals surface area contributed by atoms with Crippen molar-refractivity contribution in [3.8, 4) is 17.2 Å². The average Bonchev–Trinajstić information content (AvgIpc) is 2.71. The summed E-state index contributed by atoms with van der Waals surface area (Å²) in [5.74, 6) is -0.532. The van der Waals surface area contributed by atoms with E-state index in [1.54, 1.807) is 24.3 Å². The van der Waals surface area contributed by atoms with Crippen molar-refractivity contribution in [3.63, 3.8) is 0 Å². The Balaban J connectivity index is 1.99. The highest BCUT2D eigenvalue weighted by Crippen LogP contribution is 2.34. The van der Waals surface area contributed by atoms with Crippen molar-refractivity contribution < 1.29 is 33.3 Å². The summed E-state index contributed by atoms with van der Waals surface area (Å²) in [6.45, 7) is 0.904. The quantitative estimate of drug-likeness (QED) is 0.652. The largest absolute Gasteiger partial charge is 0.496 e. The third-order valence-corrected chi connectivity index (χ3v) is 3.75. The van der Waals surface area contributed by atoms with Crippen molar-refractivity contribution in [3.05, 3.63) is 42.0 Å². The van der Waals surface area contributed by atoms with Crippen molar-refractivity contribution >= 4 is 29.2 Å². The van der Waals surface area contributed by atoms with Gasteiger partial charge in [-0.25, -0.2) is 4.79 Å². The van der Waals surface area contributed by atoms with E-state index < -0.39 is 18.5 Å². The number of rotatable bonds is 8. The number of ether oxygens (including phenoxy) is 4. The van der Waals surface area contributed by atoms with Crippen LogP contribution in [0.4, 0.5) is 11.4 Å². The minimum atomic E-state index is -0.751. The Kier molecular flexibility index (Phi) is 7.41. The molecule has 29 heavy (non-hydrogen) atoms. The molecule has 0 heterocycles. The van der Waals surface area contributed by atoms with Gasteiger partial charge in [0.1, 0.15) is 11.3 Å². The van der Waals surface area contributed by atoms with Crippen LogP contribution in [-0.2, 0) is 14.3 Å². The monoisotopic (exact) mass is 402 g/mol. The standard InChI is InChI=1S/C20H22N2O7/c1-12(23)21-13-5-7-14(8-6-13)22-19(24)11-29-20(25)15-9-17(27-3)18(28-4)10-16(15)26-2/h5-10H,11H2,1-4H3,(H,21,23)(H,22,24). The Morgan fingerprint density at radius 2 is 1.31 bits per heavy atom. The van der Waals surface area contributed by atoms with Crippen LogP contribution in [0.15, 0.2) is 36.4 Å². The normalized spacial score (nSPS) is 9.93. The molecule has 0 bridgehead atoms. The number of benzene rings is 2. The van der Waals surface area contributed by atoms with Crippen molar-refractivity contribution in [2.24, 2.45) is 0 Å². The first-order valence-electron chi connectivity index (χ1n) is 8.52. The van der Waals surface area contributed by atoms with Gasteiger partial charge in [-0.3, -0.25) is 9.59 Å². The van der Waals surface area contributed by atoms with Gasteiger partial charge in [-0.1, -0.05) is 0 Å². The third-order valence-electron chi connectivity index (χ3n) is 3.75. The van der Waals surface area contributed by atoms with E-state index in [9.17, 15) is 14.4 Å². The van der Waals surface area contributed by atoms with E-state index in [1.165, 1.54) is 40.4 Å². The molecular formula is C20H22N2O7. The van der Waals surface area contributed by atoms with Gasteiger partial charge in [0.25, 0.3) is 5.91 Å². The maximum absolute atomic E-state index is 12.4. The summed E-state index contributed by atoms with van der Waals surface area (Å²) >= 11 is 0. The number of carbonyl (C=O) groups is 3. The first-order chi connectivity index (χ1) is 13.9. The van der Waals surface area contributed by atoms with Gasteiger partial charge in [0.05, 0.1) is 21.3 Å². The molecule has 0 spiro atoms. The van der Waals surface area contributed by atoms with Gasteiger partial charge >= 0.3 is 5.97 Å². The molecule has 9 nitrogen and oxygen atoms in total. The van der Waals surface area contributed by atoms with Crippen LogP contribution in [0, 0.1) is 0 Å². The molecule has 0 aliphatic heterocycles. The van der Waals surface area contributed by atoms with E-state index >= 15 is 0 Å². The van der Waals surface area contributed by atoms with Gasteiger partial charge in [-0.2, -0.15) is 0 Å². The molecule has 0 radical (unpaired) electrons. The number of carbonyl (C=O) groups excluding carboxylic acids is 3. The van der Waals surface area contributed by atoms with Crippen LogP contribution in [-0.4, -0.2) is 45.7 Å². The molecule has 0 unspecified atom stereocenters. The molecule has 2 rings (SSSR count). The van der Waals surface area contributed by atoms with Gasteiger partial charge in [0.2, 0.25) is 5.91 Å². The summed E-state index contributed by atoms with van der Waals surface area (Å²) < 4.78 is 20.6. The summed E-state index contributed by atoms with van der Waals surface area (Å²) in [5, 5.41) is 5.21. The molecular weight excluding hydrogens is 380 g/mol. The molecule has 2 aromatic carbocycles. The van der Waals surface area contributed by atoms with E-state index in [2.05, 4.69) is 10.6 Å². The Morgan fingerprint density at radius 1 is 0.793 bits per heavy atom. The average molecular weight is 402 g/mol. The minimum absolute atomic E-state index is 0.0950. The summed E-state index contributed by atoms with van der Waals surface area (Å²) in [6, 6.07) is 9.41. The first kappa shape index (κ1) is 21.5. The van der Waals surface area contributed by atoms with E-state index in [-0.39, 0.29) is 17.2 Å². The lowest BCUT2D eigenvalue weighted by Crippen LogP contribution is -2.21. The molecule has 0 aliphatic carbocycles. The summed E-state index contributed by atoms with van der Waals surface area (Å²) in [6.07, 6.45) is 0. The molecule has 0 saturated carbocycles. The number of amides is 2. The molecule has 2 aromatic rings. The lowest BCUT2D eigenvalue weighted by molar-refractivity contribution is -0.119. The molecule has 0 aliphatic rings. The minimum Gasteiger partial charge on any atom is -0.496 e. The Labute approximate surface area is 167 Å². The second-order valence-corrected chi connectivity index (χ2v) is 5.79. The molecule has 2 amide bonds. The molecule has 0 aromatic heterocycles. The third kappa shape index (κ3) is 5.86. The highest BCUT2D eigenvalue weighted by molar-refractivity contribution is 5.97. The molecule has 0 fully saturated rings. The van der Waals surface area contributed by atoms with E-state index in [0.717, 1.165) is 0 Å². The van der Waals surface area contributed by atoms with Gasteiger partial charge in [-0.15, -0.1) is 0 Å². The zero-order chi connectivity index (χ0) is 21.4. The first-order valence-corrected chi connectivity index (χ1v) is 8.52. The number of hydrogen-bond acceptors (Lipinski definition) is 7. The van der Waals surface area contributed by atoms with Crippen LogP contribution in [0.25, 0.3) is 0 Å². The van der Waals surface area contributed by atoms with Gasteiger partial charge in [0.15, 0.2) is 18.1 Å². The molecule has 9 heteroatoms. The number of hydrogen-bond donors (Lipinski definition) is 2. The zero-order valence-corrected chi connectivity index (χ0v) is 16.5. The second-order valence-electron chi connectivity index (χ2n) is 5.79. The smallest absolute Gasteiger partial charge is 0.342 e. The van der Waals surface area contributed by atoms with Crippen molar-refractivity contribution in [1.29, 1.82) is 0 Å². The fraction of sp³-hybridized carbons (Fsp3) is 0.250. The number of esters is 1. The molecule has 154 valence electrons. The van der Waals surface area contributed by atoms with Crippen molar-refractivity contribution in [2.45, 2.75) is 6.92 Å². The Hall–Kier alpha value is -3.75. The zero-order valence-electron chi connectivity index (χ0n) is 16.5. The van der Waals surface area contributed by atoms with E-state index in [0.29, 0.717) is 22.9 Å². The van der Waals surface area contributed by atoms with Crippen LogP contribution in [0.5, 0.6) is 17.2 Å². The highest BCUT2D eigenvalue weighted by atomic mass is 16.5. The van der Waals surface area contributed by atoms with Crippen molar-refractivity contribution in [1.82, 2.24) is 0 Å². The van der Waals surface area contributed by atoms with Crippen molar-refractivity contribution in [2.75, 3.05) is 38.6 Å². The van der Waals surface area contributed by atoms with Gasteiger partial charge in [-0.05, 0) is 24.3 Å². The predicted octanol–water partition coefficient (Wildman–Crippen LogP) is 2.47. The van der Waals surface area contributed by atoms with Crippen LogP contribution in [0.1, 0.15) is 17.3 Å². The van der Waals surface area contributed by atoms with Crippen LogP contribution >= 0.6 is 0 Å². The number of nitrogens with one attached hydrogen (secondary N) is 2. The maximum atomic E-state index is 12.4. The SMILES string of the molecule is COc1cc(OC)c(C(=O)OCC(=O)Nc2ccc(NC(C)=O)cc2)cc1OC. The Morgan fingerprint density at radius 3 is 1.83 bits per heavy atom. The van der Waals surface area contributed by atoms with E-state index in [4.69, 9.17) is 18.9 Å². The summed E-state index contributed by atoms with van der Waals surface area (Å²) in [5.41, 5.74) is 1.18. The highest BCUT2D eigenvalue weighted by Gasteiger charge is 2.20. The fourth-order valence-corrected chi connectivity index (χ4v) is 2.43. The summed E-state index contributed by atoms with van der Waals surface area (Å²) in [7, 11) is 4.29. The predicted molar refractivity (Wildman–Crippen MR) is 106 cm³/mol. The number of anilines is 2. The molecule has 0 atom stereocenters. The number of methoxy groups -OCH3 is 3. The van der Waals surface area contributed by atoms with Crippen LogP contribution in [0.3, 0.4) is 0 Å². The lowest BCUT2D eigenvalue weighted by atomic mass is 10.1. The second kappa shape index (κ2) is 9.98. The van der Waals surface area contributed by atoms with Gasteiger partial charge < -0.3 is 29.6 Å². The lowest BCUT2D eigenvalue weighted by Gasteiger charge is -2.13. The van der Waals surface area contributed by atoms with Crippen LogP contribution in [0.2, 0.25) is 0 Å². The summed E-state index contributed by atoms with van der Waals surface area (Å²) in [4.78, 5) is 35.4. The Bertz CT molecular complexity index is 894. The fourth-order valence-electron chi connectivity index (χ4n) is 2.43.